The average molecular weight is 269 g/mol. The Morgan fingerprint density at radius 3 is 2.50 bits per heavy atom. The average Bonchev–Trinajstić information content (AvgIpc) is 2.95. The van der Waals surface area contributed by atoms with Crippen LogP contribution in [0.25, 0.3) is 0 Å². The summed E-state index contributed by atoms with van der Waals surface area (Å²) in [6.45, 7) is 4.09. The molecule has 2 aromatic rings. The molecule has 0 spiro atoms. The predicted molar refractivity (Wildman–Crippen MR) is 82.4 cm³/mol. The molecule has 0 unspecified atom stereocenters. The number of hydrogen-bond donors (Lipinski definition) is 2. The number of rotatable bonds is 3. The molecule has 1 fully saturated rings. The summed E-state index contributed by atoms with van der Waals surface area (Å²) in [5.74, 6) is 2.62. The number of benzene rings is 1. The maximum atomic E-state index is 5.69. The zero-order valence-corrected chi connectivity index (χ0v) is 11.6. The minimum atomic E-state index is 0.757. The highest BCUT2D eigenvalue weighted by molar-refractivity contribution is 5.61. The fourth-order valence-electron chi connectivity index (χ4n) is 2.44. The zero-order valence-electron chi connectivity index (χ0n) is 11.6. The van der Waals surface area contributed by atoms with E-state index >= 15 is 0 Å². The Morgan fingerprint density at radius 1 is 1.10 bits per heavy atom. The fourth-order valence-corrected chi connectivity index (χ4v) is 2.44. The van der Waals surface area contributed by atoms with E-state index in [1.54, 1.807) is 0 Å². The molecule has 1 aliphatic heterocycles. The highest BCUT2D eigenvalue weighted by Gasteiger charge is 2.15. The quantitative estimate of drug-likeness (QED) is 0.839. The molecular weight excluding hydrogens is 250 g/mol. The van der Waals surface area contributed by atoms with Gasteiger partial charge in [-0.15, -0.1) is 0 Å². The third kappa shape index (κ3) is 2.82. The normalized spacial score (nSPS) is 14.6. The van der Waals surface area contributed by atoms with E-state index in [4.69, 9.17) is 5.73 Å². The van der Waals surface area contributed by atoms with E-state index in [9.17, 15) is 0 Å². The summed E-state index contributed by atoms with van der Waals surface area (Å²) in [5.41, 5.74) is 7.42. The van der Waals surface area contributed by atoms with Crippen LogP contribution in [0.3, 0.4) is 0 Å². The van der Waals surface area contributed by atoms with Crippen LogP contribution in [0.4, 0.5) is 23.0 Å². The highest BCUT2D eigenvalue weighted by atomic mass is 15.2. The van der Waals surface area contributed by atoms with Crippen molar-refractivity contribution in [2.24, 2.45) is 0 Å². The molecular formula is C15H19N5. The zero-order chi connectivity index (χ0) is 13.9. The van der Waals surface area contributed by atoms with Crippen molar-refractivity contribution in [3.8, 4) is 0 Å². The van der Waals surface area contributed by atoms with Crippen molar-refractivity contribution < 1.29 is 0 Å². The Kier molecular flexibility index (Phi) is 3.41. The van der Waals surface area contributed by atoms with Crippen molar-refractivity contribution in [1.82, 2.24) is 9.97 Å². The lowest BCUT2D eigenvalue weighted by Crippen LogP contribution is -2.19. The van der Waals surface area contributed by atoms with E-state index in [1.165, 1.54) is 12.8 Å². The fraction of sp³-hybridized carbons (Fsp3) is 0.333. The van der Waals surface area contributed by atoms with Gasteiger partial charge in [0.15, 0.2) is 0 Å². The molecule has 0 bridgehead atoms. The van der Waals surface area contributed by atoms with Crippen LogP contribution in [0.2, 0.25) is 0 Å². The second-order valence-corrected chi connectivity index (χ2v) is 5.10. The predicted octanol–water partition coefficient (Wildman–Crippen LogP) is 2.71. The van der Waals surface area contributed by atoms with Gasteiger partial charge in [-0.1, -0.05) is 0 Å². The summed E-state index contributed by atoms with van der Waals surface area (Å²) in [6, 6.07) is 9.65. The Bertz CT molecular complexity index is 588. The second-order valence-electron chi connectivity index (χ2n) is 5.10. The molecule has 1 saturated heterocycles. The third-order valence-corrected chi connectivity index (χ3v) is 3.44. The van der Waals surface area contributed by atoms with Crippen LogP contribution >= 0.6 is 0 Å². The molecule has 3 rings (SSSR count). The number of aromatic nitrogens is 2. The lowest BCUT2D eigenvalue weighted by molar-refractivity contribution is 0.912. The summed E-state index contributed by atoms with van der Waals surface area (Å²) < 4.78 is 0. The lowest BCUT2D eigenvalue weighted by atomic mass is 10.3. The minimum absolute atomic E-state index is 0.757. The summed E-state index contributed by atoms with van der Waals surface area (Å²) in [4.78, 5) is 11.3. The number of nitrogen functional groups attached to an aromatic ring is 1. The van der Waals surface area contributed by atoms with Gasteiger partial charge in [-0.05, 0) is 44.0 Å². The second kappa shape index (κ2) is 5.36. The first-order chi connectivity index (χ1) is 9.70. The van der Waals surface area contributed by atoms with E-state index in [0.717, 1.165) is 41.9 Å². The van der Waals surface area contributed by atoms with Crippen LogP contribution < -0.4 is 16.0 Å². The topological polar surface area (TPSA) is 67.1 Å². The highest BCUT2D eigenvalue weighted by Crippen LogP contribution is 2.23. The van der Waals surface area contributed by atoms with E-state index in [0.29, 0.717) is 0 Å². The van der Waals surface area contributed by atoms with Crippen molar-refractivity contribution in [2.45, 2.75) is 19.8 Å². The van der Waals surface area contributed by atoms with Crippen LogP contribution in [-0.2, 0) is 0 Å². The van der Waals surface area contributed by atoms with E-state index in [-0.39, 0.29) is 0 Å². The largest absolute Gasteiger partial charge is 0.399 e. The van der Waals surface area contributed by atoms with Gasteiger partial charge < -0.3 is 16.0 Å². The minimum Gasteiger partial charge on any atom is -0.399 e. The smallest absolute Gasteiger partial charge is 0.136 e. The van der Waals surface area contributed by atoms with Crippen LogP contribution in [-0.4, -0.2) is 23.1 Å². The molecule has 5 heteroatoms. The molecule has 0 saturated carbocycles. The number of anilines is 4. The van der Waals surface area contributed by atoms with Crippen LogP contribution in [0.15, 0.2) is 30.3 Å². The molecule has 0 atom stereocenters. The van der Waals surface area contributed by atoms with Crippen molar-refractivity contribution in [3.05, 3.63) is 36.2 Å². The van der Waals surface area contributed by atoms with Crippen LogP contribution in [0, 0.1) is 6.92 Å². The molecule has 1 aromatic carbocycles. The monoisotopic (exact) mass is 269 g/mol. The van der Waals surface area contributed by atoms with Gasteiger partial charge >= 0.3 is 0 Å². The summed E-state index contributed by atoms with van der Waals surface area (Å²) in [5, 5.41) is 3.30. The Balaban J connectivity index is 1.83. The van der Waals surface area contributed by atoms with Crippen LogP contribution in [0.5, 0.6) is 0 Å². The molecule has 0 aliphatic carbocycles. The molecule has 2 heterocycles. The molecule has 0 radical (unpaired) electrons. The summed E-state index contributed by atoms with van der Waals surface area (Å²) in [7, 11) is 0. The van der Waals surface area contributed by atoms with E-state index in [1.807, 2.05) is 37.3 Å². The number of aryl methyl sites for hydroxylation is 1. The first-order valence-corrected chi connectivity index (χ1v) is 6.94. The van der Waals surface area contributed by atoms with Gasteiger partial charge in [0.1, 0.15) is 17.5 Å². The number of nitrogens with zero attached hydrogens (tertiary/aromatic N) is 3. The first kappa shape index (κ1) is 12.7. The lowest BCUT2D eigenvalue weighted by Gasteiger charge is -2.17. The van der Waals surface area contributed by atoms with Crippen molar-refractivity contribution in [3.63, 3.8) is 0 Å². The van der Waals surface area contributed by atoms with Crippen molar-refractivity contribution in [1.29, 1.82) is 0 Å². The Labute approximate surface area is 118 Å². The van der Waals surface area contributed by atoms with Gasteiger partial charge in [0.05, 0.1) is 0 Å². The molecule has 1 aromatic heterocycles. The molecule has 1 aliphatic rings. The molecule has 3 N–H and O–H groups in total. The standard InChI is InChI=1S/C15H19N5/c1-11-17-14(19-13-6-4-12(16)5-7-13)10-15(18-11)20-8-2-3-9-20/h4-7,10H,2-3,8-9,16H2,1H3,(H,17,18,19). The van der Waals surface area contributed by atoms with E-state index < -0.39 is 0 Å². The first-order valence-electron chi connectivity index (χ1n) is 6.94. The third-order valence-electron chi connectivity index (χ3n) is 3.44. The van der Waals surface area contributed by atoms with Gasteiger partial charge in [0.2, 0.25) is 0 Å². The number of nitrogens with two attached hydrogens (primary N) is 1. The summed E-state index contributed by atoms with van der Waals surface area (Å²) in [6.07, 6.45) is 2.48. The van der Waals surface area contributed by atoms with Gasteiger partial charge in [-0.25, -0.2) is 9.97 Å². The SMILES string of the molecule is Cc1nc(Nc2ccc(N)cc2)cc(N2CCCC2)n1. The maximum Gasteiger partial charge on any atom is 0.136 e. The number of hydrogen-bond acceptors (Lipinski definition) is 5. The molecule has 5 nitrogen and oxygen atoms in total. The number of nitrogens with one attached hydrogen (secondary N) is 1. The Morgan fingerprint density at radius 2 is 1.80 bits per heavy atom. The molecule has 104 valence electrons. The maximum absolute atomic E-state index is 5.69. The van der Waals surface area contributed by atoms with E-state index in [2.05, 4.69) is 20.2 Å². The van der Waals surface area contributed by atoms with Gasteiger partial charge in [0.25, 0.3) is 0 Å². The molecule has 0 amide bonds. The van der Waals surface area contributed by atoms with Crippen LogP contribution in [0.1, 0.15) is 18.7 Å². The van der Waals surface area contributed by atoms with Gasteiger partial charge in [-0.3, -0.25) is 0 Å². The van der Waals surface area contributed by atoms with Gasteiger partial charge in [-0.2, -0.15) is 0 Å². The van der Waals surface area contributed by atoms with Crippen molar-refractivity contribution in [2.75, 3.05) is 29.0 Å². The Hall–Kier alpha value is -2.30. The summed E-state index contributed by atoms with van der Waals surface area (Å²) >= 11 is 0. The molecule has 20 heavy (non-hydrogen) atoms. The van der Waals surface area contributed by atoms with Gasteiger partial charge in [0, 0.05) is 30.5 Å². The van der Waals surface area contributed by atoms with Crippen molar-refractivity contribution >= 4 is 23.0 Å².